The van der Waals surface area contributed by atoms with Gasteiger partial charge in [-0.15, -0.1) is 0 Å². The molecule has 1 aromatic heterocycles. The number of halogens is 2. The Balaban J connectivity index is 1.65. The number of ether oxygens (including phenoxy) is 1. The molecule has 136 valence electrons. The highest BCUT2D eigenvalue weighted by Gasteiger charge is 2.42. The number of phenolic OH excluding ortho intramolecular Hbond substituents is 1. The number of hydrogen-bond acceptors (Lipinski definition) is 5. The van der Waals surface area contributed by atoms with Gasteiger partial charge < -0.3 is 14.3 Å². The van der Waals surface area contributed by atoms with Crippen LogP contribution >= 0.6 is 27.5 Å². The van der Waals surface area contributed by atoms with Gasteiger partial charge in [-0.2, -0.15) is 5.10 Å². The van der Waals surface area contributed by atoms with Crippen LogP contribution in [0.4, 0.5) is 0 Å². The molecule has 3 aromatic rings. The summed E-state index contributed by atoms with van der Waals surface area (Å²) in [6.45, 7) is 0. The van der Waals surface area contributed by atoms with Crippen molar-refractivity contribution in [2.75, 3.05) is 0 Å². The quantitative estimate of drug-likeness (QED) is 0.554. The summed E-state index contributed by atoms with van der Waals surface area (Å²) >= 11 is 9.70. The fraction of sp³-hybridized carbons (Fsp3) is 0.150. The molecule has 2 aliphatic rings. The summed E-state index contributed by atoms with van der Waals surface area (Å²) in [6.07, 6.45) is 1.73. The van der Waals surface area contributed by atoms with Gasteiger partial charge in [0.05, 0.1) is 17.9 Å². The molecule has 0 fully saturated rings. The highest BCUT2D eigenvalue weighted by Crippen LogP contribution is 2.49. The Bertz CT molecular complexity index is 1050. The summed E-state index contributed by atoms with van der Waals surface area (Å²) in [7, 11) is 0. The molecular weight excluding hydrogens is 432 g/mol. The molecule has 5 rings (SSSR count). The maximum atomic E-state index is 10.4. The molecule has 2 aromatic carbocycles. The van der Waals surface area contributed by atoms with E-state index < -0.39 is 6.23 Å². The number of hydrogen-bond donors (Lipinski definition) is 1. The molecule has 2 unspecified atom stereocenters. The Morgan fingerprint density at radius 2 is 2.04 bits per heavy atom. The first-order valence-corrected chi connectivity index (χ1v) is 9.61. The highest BCUT2D eigenvalue weighted by atomic mass is 79.9. The largest absolute Gasteiger partial charge is 0.507 e. The van der Waals surface area contributed by atoms with Gasteiger partial charge in [0.2, 0.25) is 6.23 Å². The van der Waals surface area contributed by atoms with E-state index >= 15 is 0 Å². The number of nitrogens with zero attached hydrogens (tertiary/aromatic N) is 2. The molecule has 3 heterocycles. The predicted molar refractivity (Wildman–Crippen MR) is 105 cm³/mol. The van der Waals surface area contributed by atoms with Crippen LogP contribution in [0.2, 0.25) is 5.02 Å². The summed E-state index contributed by atoms with van der Waals surface area (Å²) in [4.78, 5) is 0. The van der Waals surface area contributed by atoms with E-state index in [2.05, 4.69) is 15.9 Å². The average molecular weight is 446 g/mol. The van der Waals surface area contributed by atoms with Crippen LogP contribution in [0.5, 0.6) is 11.5 Å². The predicted octanol–water partition coefficient (Wildman–Crippen LogP) is 5.64. The van der Waals surface area contributed by atoms with Crippen molar-refractivity contribution in [3.63, 3.8) is 0 Å². The molecule has 2 atom stereocenters. The van der Waals surface area contributed by atoms with E-state index in [1.54, 1.807) is 24.5 Å². The minimum absolute atomic E-state index is 0.0327. The minimum atomic E-state index is -0.588. The maximum absolute atomic E-state index is 10.4. The lowest BCUT2D eigenvalue weighted by molar-refractivity contribution is -0.0203. The van der Waals surface area contributed by atoms with Gasteiger partial charge in [0.15, 0.2) is 0 Å². The number of aromatic hydroxyl groups is 1. The van der Waals surface area contributed by atoms with Gasteiger partial charge in [-0.25, -0.2) is 5.01 Å². The molecule has 0 bridgehead atoms. The average Bonchev–Trinajstić information content (AvgIpc) is 3.32. The molecular formula is C20H14BrClN2O3. The van der Waals surface area contributed by atoms with Crippen LogP contribution < -0.4 is 4.74 Å². The lowest BCUT2D eigenvalue weighted by atomic mass is 9.97. The third-order valence-electron chi connectivity index (χ3n) is 4.81. The first-order valence-electron chi connectivity index (χ1n) is 8.44. The molecule has 1 N–H and O–H groups in total. The Morgan fingerprint density at radius 3 is 2.85 bits per heavy atom. The Kier molecular flexibility index (Phi) is 3.91. The zero-order chi connectivity index (χ0) is 18.5. The summed E-state index contributed by atoms with van der Waals surface area (Å²) in [5.41, 5.74) is 2.45. The third kappa shape index (κ3) is 2.80. The number of furan rings is 1. The van der Waals surface area contributed by atoms with Crippen LogP contribution in [0.3, 0.4) is 0 Å². The van der Waals surface area contributed by atoms with Crippen molar-refractivity contribution in [2.24, 2.45) is 5.10 Å². The van der Waals surface area contributed by atoms with Crippen molar-refractivity contribution >= 4 is 33.2 Å². The van der Waals surface area contributed by atoms with E-state index in [0.29, 0.717) is 17.0 Å². The monoisotopic (exact) mass is 444 g/mol. The Hall–Kier alpha value is -2.44. The van der Waals surface area contributed by atoms with Crippen LogP contribution in [-0.2, 0) is 0 Å². The first kappa shape index (κ1) is 16.7. The molecule has 0 radical (unpaired) electrons. The zero-order valence-electron chi connectivity index (χ0n) is 14.0. The van der Waals surface area contributed by atoms with Gasteiger partial charge in [0.1, 0.15) is 23.0 Å². The molecule has 0 amide bonds. The number of rotatable bonds is 2. The topological polar surface area (TPSA) is 58.2 Å². The van der Waals surface area contributed by atoms with Crippen molar-refractivity contribution in [1.82, 2.24) is 5.01 Å². The SMILES string of the molecule is Oc1ccc(Cl)cc1C1Oc2ccc(Br)cc2C2CC(c3ccco3)=NN21. The molecule has 5 nitrogen and oxygen atoms in total. The fourth-order valence-corrected chi connectivity index (χ4v) is 4.14. The number of hydrazone groups is 1. The number of benzene rings is 2. The van der Waals surface area contributed by atoms with Gasteiger partial charge in [-0.1, -0.05) is 27.5 Å². The van der Waals surface area contributed by atoms with Crippen LogP contribution in [0.1, 0.15) is 35.6 Å². The number of phenols is 1. The van der Waals surface area contributed by atoms with Crippen LogP contribution in [0, 0.1) is 0 Å². The van der Waals surface area contributed by atoms with E-state index in [1.807, 2.05) is 35.3 Å². The molecule has 27 heavy (non-hydrogen) atoms. The summed E-state index contributed by atoms with van der Waals surface area (Å²) in [5.74, 6) is 1.61. The maximum Gasteiger partial charge on any atom is 0.217 e. The third-order valence-corrected chi connectivity index (χ3v) is 5.54. The highest BCUT2D eigenvalue weighted by molar-refractivity contribution is 9.10. The Morgan fingerprint density at radius 1 is 1.15 bits per heavy atom. The normalized spacial score (nSPS) is 20.7. The molecule has 0 spiro atoms. The molecule has 0 aliphatic carbocycles. The van der Waals surface area contributed by atoms with E-state index in [9.17, 15) is 5.11 Å². The van der Waals surface area contributed by atoms with Crippen molar-refractivity contribution < 1.29 is 14.3 Å². The van der Waals surface area contributed by atoms with E-state index in [4.69, 9.17) is 25.9 Å². The second-order valence-electron chi connectivity index (χ2n) is 6.48. The van der Waals surface area contributed by atoms with Crippen molar-refractivity contribution in [3.8, 4) is 11.5 Å². The lowest BCUT2D eigenvalue weighted by Crippen LogP contribution is -2.33. The van der Waals surface area contributed by atoms with Crippen LogP contribution in [0.25, 0.3) is 0 Å². The van der Waals surface area contributed by atoms with Gasteiger partial charge in [0.25, 0.3) is 0 Å². The smallest absolute Gasteiger partial charge is 0.217 e. The summed E-state index contributed by atoms with van der Waals surface area (Å²) in [5, 5.41) is 17.6. The van der Waals surface area contributed by atoms with Crippen molar-refractivity contribution in [2.45, 2.75) is 18.7 Å². The lowest BCUT2D eigenvalue weighted by Gasteiger charge is -2.38. The van der Waals surface area contributed by atoms with Crippen molar-refractivity contribution in [3.05, 3.63) is 81.2 Å². The second kappa shape index (κ2) is 6.32. The van der Waals surface area contributed by atoms with Gasteiger partial charge in [-0.05, 0) is 48.5 Å². The zero-order valence-corrected chi connectivity index (χ0v) is 16.3. The van der Waals surface area contributed by atoms with E-state index in [-0.39, 0.29) is 11.8 Å². The van der Waals surface area contributed by atoms with Gasteiger partial charge in [-0.3, -0.25) is 0 Å². The minimum Gasteiger partial charge on any atom is -0.507 e. The molecule has 2 aliphatic heterocycles. The summed E-state index contributed by atoms with van der Waals surface area (Å²) in [6, 6.07) is 14.5. The fourth-order valence-electron chi connectivity index (χ4n) is 3.58. The standard InChI is InChI=1S/C20H14BrClN2O3/c21-11-3-6-18-13(8-11)16-10-15(19-2-1-7-26-19)23-24(16)20(27-18)14-9-12(22)4-5-17(14)25/h1-9,16,20,25H,10H2. The number of fused-ring (bicyclic) bond motifs is 3. The second-order valence-corrected chi connectivity index (χ2v) is 7.83. The molecule has 7 heteroatoms. The molecule has 0 saturated heterocycles. The van der Waals surface area contributed by atoms with Crippen LogP contribution in [-0.4, -0.2) is 15.8 Å². The van der Waals surface area contributed by atoms with E-state index in [1.165, 1.54) is 0 Å². The Labute approximate surface area is 168 Å². The molecule has 0 saturated carbocycles. The first-order chi connectivity index (χ1) is 13.1. The van der Waals surface area contributed by atoms with Gasteiger partial charge in [0, 0.05) is 21.5 Å². The van der Waals surface area contributed by atoms with Crippen LogP contribution in [0.15, 0.2) is 68.8 Å². The van der Waals surface area contributed by atoms with E-state index in [0.717, 1.165) is 27.3 Å². The van der Waals surface area contributed by atoms with Gasteiger partial charge >= 0.3 is 0 Å². The van der Waals surface area contributed by atoms with Crippen molar-refractivity contribution in [1.29, 1.82) is 0 Å². The summed E-state index contributed by atoms with van der Waals surface area (Å²) < 4.78 is 12.8.